The lowest BCUT2D eigenvalue weighted by molar-refractivity contribution is -0.124. The number of H-pyrrole nitrogens is 1. The van der Waals surface area contributed by atoms with Crippen molar-refractivity contribution >= 4 is 11.9 Å². The Morgan fingerprint density at radius 3 is 2.44 bits per heavy atom. The predicted octanol–water partition coefficient (Wildman–Crippen LogP) is 2.02. The maximum Gasteiger partial charge on any atom is 0.344 e. The van der Waals surface area contributed by atoms with E-state index in [4.69, 9.17) is 9.47 Å². The van der Waals surface area contributed by atoms with Gasteiger partial charge in [-0.2, -0.15) is 0 Å². The minimum atomic E-state index is -0.845. The SMILES string of the molecule is CC(C)(C)c1ccc(OCCNC(=O)COC(=O)c2ccc[nH]c2=O)cc1. The standard InChI is InChI=1S/C20H24N2O5/c1-20(2,3)14-6-8-15(9-7-14)26-12-11-21-17(23)13-27-19(25)16-5-4-10-22-18(16)24/h4-10H,11-13H2,1-3H3,(H,21,23)(H,22,24). The molecule has 7 nitrogen and oxygen atoms in total. The zero-order chi connectivity index (χ0) is 19.9. The maximum atomic E-state index is 11.7. The Hall–Kier alpha value is -3.09. The number of benzene rings is 1. The quantitative estimate of drug-likeness (QED) is 0.572. The molecule has 2 aromatic rings. The first-order valence-electron chi connectivity index (χ1n) is 8.62. The lowest BCUT2D eigenvalue weighted by Gasteiger charge is -2.19. The van der Waals surface area contributed by atoms with Gasteiger partial charge in [0.15, 0.2) is 6.61 Å². The van der Waals surface area contributed by atoms with E-state index in [0.717, 1.165) is 0 Å². The summed E-state index contributed by atoms with van der Waals surface area (Å²) in [6.07, 6.45) is 1.41. The summed E-state index contributed by atoms with van der Waals surface area (Å²) in [6.45, 7) is 6.50. The zero-order valence-corrected chi connectivity index (χ0v) is 15.7. The van der Waals surface area contributed by atoms with Gasteiger partial charge < -0.3 is 19.8 Å². The van der Waals surface area contributed by atoms with Gasteiger partial charge in [0.1, 0.15) is 17.9 Å². The third-order valence-corrected chi connectivity index (χ3v) is 3.79. The number of carbonyl (C=O) groups is 2. The number of amides is 1. The molecule has 0 saturated carbocycles. The fourth-order valence-electron chi connectivity index (χ4n) is 2.25. The normalized spacial score (nSPS) is 10.9. The van der Waals surface area contributed by atoms with Crippen LogP contribution >= 0.6 is 0 Å². The van der Waals surface area contributed by atoms with Crippen LogP contribution in [0.15, 0.2) is 47.4 Å². The minimum Gasteiger partial charge on any atom is -0.492 e. The molecule has 2 rings (SSSR count). The molecule has 0 atom stereocenters. The Morgan fingerprint density at radius 2 is 1.81 bits per heavy atom. The third kappa shape index (κ3) is 6.29. The maximum absolute atomic E-state index is 11.7. The van der Waals surface area contributed by atoms with Crippen molar-refractivity contribution in [2.45, 2.75) is 26.2 Å². The van der Waals surface area contributed by atoms with Crippen molar-refractivity contribution in [1.29, 1.82) is 0 Å². The fourth-order valence-corrected chi connectivity index (χ4v) is 2.25. The summed E-state index contributed by atoms with van der Waals surface area (Å²) < 4.78 is 10.4. The third-order valence-electron chi connectivity index (χ3n) is 3.79. The number of hydrogen-bond donors (Lipinski definition) is 2. The van der Waals surface area contributed by atoms with Crippen LogP contribution in [0, 0.1) is 0 Å². The number of nitrogens with one attached hydrogen (secondary N) is 2. The largest absolute Gasteiger partial charge is 0.492 e. The molecule has 0 fully saturated rings. The van der Waals surface area contributed by atoms with E-state index in [1.165, 1.54) is 23.9 Å². The Balaban J connectivity index is 1.68. The first-order chi connectivity index (χ1) is 12.8. The van der Waals surface area contributed by atoms with Gasteiger partial charge in [0, 0.05) is 6.20 Å². The van der Waals surface area contributed by atoms with Gasteiger partial charge >= 0.3 is 5.97 Å². The van der Waals surface area contributed by atoms with Gasteiger partial charge in [-0.1, -0.05) is 32.9 Å². The van der Waals surface area contributed by atoms with Crippen LogP contribution in [0.4, 0.5) is 0 Å². The molecule has 0 aliphatic rings. The van der Waals surface area contributed by atoms with Gasteiger partial charge in [-0.3, -0.25) is 9.59 Å². The van der Waals surface area contributed by atoms with Gasteiger partial charge in [-0.25, -0.2) is 4.79 Å². The number of aromatic amines is 1. The van der Waals surface area contributed by atoms with E-state index < -0.39 is 24.0 Å². The molecule has 0 aliphatic carbocycles. The van der Waals surface area contributed by atoms with Gasteiger partial charge in [0.25, 0.3) is 11.5 Å². The molecule has 27 heavy (non-hydrogen) atoms. The van der Waals surface area contributed by atoms with E-state index in [-0.39, 0.29) is 24.1 Å². The van der Waals surface area contributed by atoms with E-state index in [9.17, 15) is 14.4 Å². The van der Waals surface area contributed by atoms with Crippen LogP contribution in [-0.2, 0) is 14.9 Å². The highest BCUT2D eigenvalue weighted by Gasteiger charge is 2.14. The lowest BCUT2D eigenvalue weighted by atomic mass is 9.87. The second kappa shape index (κ2) is 9.02. The zero-order valence-electron chi connectivity index (χ0n) is 15.7. The Kier molecular flexibility index (Phi) is 6.76. The van der Waals surface area contributed by atoms with Crippen molar-refractivity contribution in [3.05, 3.63) is 64.1 Å². The first kappa shape index (κ1) is 20.2. The summed E-state index contributed by atoms with van der Waals surface area (Å²) in [4.78, 5) is 37.3. The summed E-state index contributed by atoms with van der Waals surface area (Å²) >= 11 is 0. The van der Waals surface area contributed by atoms with Crippen molar-refractivity contribution in [3.8, 4) is 5.75 Å². The van der Waals surface area contributed by atoms with E-state index in [2.05, 4.69) is 31.1 Å². The van der Waals surface area contributed by atoms with Gasteiger partial charge in [0.05, 0.1) is 6.54 Å². The fraction of sp³-hybridized carbons (Fsp3) is 0.350. The van der Waals surface area contributed by atoms with E-state index in [0.29, 0.717) is 5.75 Å². The van der Waals surface area contributed by atoms with Crippen molar-refractivity contribution in [2.75, 3.05) is 19.8 Å². The molecular formula is C20H24N2O5. The average molecular weight is 372 g/mol. The number of rotatable bonds is 7. The molecule has 0 spiro atoms. The summed E-state index contributed by atoms with van der Waals surface area (Å²) in [7, 11) is 0. The number of pyridine rings is 1. The Bertz CT molecular complexity index is 834. The van der Waals surface area contributed by atoms with Crippen LogP contribution < -0.4 is 15.6 Å². The van der Waals surface area contributed by atoms with E-state index >= 15 is 0 Å². The number of ether oxygens (including phenoxy) is 2. The Morgan fingerprint density at radius 1 is 1.11 bits per heavy atom. The molecule has 2 N–H and O–H groups in total. The molecule has 1 aromatic carbocycles. The summed E-state index contributed by atoms with van der Waals surface area (Å²) in [5, 5.41) is 2.58. The van der Waals surface area contributed by atoms with Crippen molar-refractivity contribution in [3.63, 3.8) is 0 Å². The van der Waals surface area contributed by atoms with Crippen LogP contribution in [0.2, 0.25) is 0 Å². The molecule has 1 aromatic heterocycles. The molecule has 0 unspecified atom stereocenters. The van der Waals surface area contributed by atoms with E-state index in [1.54, 1.807) is 0 Å². The molecule has 1 heterocycles. The molecule has 0 saturated heterocycles. The smallest absolute Gasteiger partial charge is 0.344 e. The van der Waals surface area contributed by atoms with Gasteiger partial charge in [0.2, 0.25) is 0 Å². The van der Waals surface area contributed by atoms with Crippen LogP contribution in [0.1, 0.15) is 36.7 Å². The lowest BCUT2D eigenvalue weighted by Crippen LogP contribution is -2.32. The molecule has 0 aliphatic heterocycles. The van der Waals surface area contributed by atoms with Crippen LogP contribution in [0.5, 0.6) is 5.75 Å². The second-order valence-corrected chi connectivity index (χ2v) is 6.96. The highest BCUT2D eigenvalue weighted by Crippen LogP contribution is 2.24. The van der Waals surface area contributed by atoms with Crippen LogP contribution in [0.25, 0.3) is 0 Å². The molecule has 0 bridgehead atoms. The summed E-state index contributed by atoms with van der Waals surface area (Å²) in [5.41, 5.74) is 0.581. The Labute approximate surface area is 157 Å². The minimum absolute atomic E-state index is 0.0779. The van der Waals surface area contributed by atoms with Gasteiger partial charge in [-0.05, 0) is 35.2 Å². The molecule has 1 amide bonds. The number of esters is 1. The highest BCUT2D eigenvalue weighted by molar-refractivity contribution is 5.90. The number of aromatic nitrogens is 1. The van der Waals surface area contributed by atoms with Crippen LogP contribution in [-0.4, -0.2) is 36.6 Å². The summed E-state index contributed by atoms with van der Waals surface area (Å²) in [5.74, 6) is -0.600. The highest BCUT2D eigenvalue weighted by atomic mass is 16.5. The number of hydrogen-bond acceptors (Lipinski definition) is 5. The second-order valence-electron chi connectivity index (χ2n) is 6.96. The topological polar surface area (TPSA) is 97.5 Å². The molecule has 0 radical (unpaired) electrons. The predicted molar refractivity (Wildman–Crippen MR) is 101 cm³/mol. The molecule has 7 heteroatoms. The van der Waals surface area contributed by atoms with Crippen molar-refractivity contribution in [2.24, 2.45) is 0 Å². The van der Waals surface area contributed by atoms with Crippen LogP contribution in [0.3, 0.4) is 0 Å². The van der Waals surface area contributed by atoms with Gasteiger partial charge in [-0.15, -0.1) is 0 Å². The first-order valence-corrected chi connectivity index (χ1v) is 8.62. The number of carbonyl (C=O) groups excluding carboxylic acids is 2. The monoisotopic (exact) mass is 372 g/mol. The van der Waals surface area contributed by atoms with Crippen molar-refractivity contribution in [1.82, 2.24) is 10.3 Å². The molecule has 144 valence electrons. The summed E-state index contributed by atoms with van der Waals surface area (Å²) in [6, 6.07) is 10.6. The van der Waals surface area contributed by atoms with Crippen molar-refractivity contribution < 1.29 is 19.1 Å². The molecular weight excluding hydrogens is 348 g/mol. The average Bonchev–Trinajstić information content (AvgIpc) is 2.63. The van der Waals surface area contributed by atoms with E-state index in [1.807, 2.05) is 24.3 Å².